The van der Waals surface area contributed by atoms with Crippen LogP contribution in [0.25, 0.3) is 5.32 Å². The first-order chi connectivity index (χ1) is 10.3. The predicted molar refractivity (Wildman–Crippen MR) is 90.4 cm³/mol. The molecule has 0 amide bonds. The minimum absolute atomic E-state index is 0.146. The lowest BCUT2D eigenvalue weighted by molar-refractivity contribution is -0.138. The van der Waals surface area contributed by atoms with Gasteiger partial charge in [0.05, 0.1) is 0 Å². The molecule has 0 saturated carbocycles. The molecule has 3 heteroatoms. The molecule has 0 aromatic heterocycles. The number of carboxylic acids is 1. The van der Waals surface area contributed by atoms with Crippen molar-refractivity contribution >= 4 is 5.97 Å². The van der Waals surface area contributed by atoms with Crippen molar-refractivity contribution in [2.75, 3.05) is 0 Å². The minimum Gasteiger partial charge on any atom is -0.646 e. The fraction of sp³-hybridized carbons (Fsp3) is 0.632. The van der Waals surface area contributed by atoms with Crippen LogP contribution in [-0.4, -0.2) is 17.1 Å². The van der Waals surface area contributed by atoms with Gasteiger partial charge in [-0.2, -0.15) is 0 Å². The topological polar surface area (TPSA) is 51.4 Å². The van der Waals surface area contributed by atoms with E-state index < -0.39 is 12.0 Å². The molecule has 1 aliphatic rings. The summed E-state index contributed by atoms with van der Waals surface area (Å²) in [4.78, 5) is 11.4. The first kappa shape index (κ1) is 17.0. The molecule has 0 spiro atoms. The number of carbonyl (C=O) groups is 1. The molecule has 22 heavy (non-hydrogen) atoms. The van der Waals surface area contributed by atoms with Crippen molar-refractivity contribution in [2.45, 2.75) is 72.4 Å². The number of aryl methyl sites for hydroxylation is 2. The van der Waals surface area contributed by atoms with Gasteiger partial charge in [-0.05, 0) is 60.8 Å². The van der Waals surface area contributed by atoms with E-state index in [-0.39, 0.29) is 5.41 Å². The third-order valence-electron chi connectivity index (χ3n) is 4.45. The molecular formula is C19H28NO2-. The van der Waals surface area contributed by atoms with E-state index in [1.807, 2.05) is 0 Å². The lowest BCUT2D eigenvalue weighted by Gasteiger charge is -2.31. The zero-order chi connectivity index (χ0) is 16.3. The van der Waals surface area contributed by atoms with Crippen LogP contribution in [0.5, 0.6) is 0 Å². The number of fused-ring (bicyclic) bond motifs is 1. The highest BCUT2D eigenvalue weighted by molar-refractivity contribution is 5.76. The summed E-state index contributed by atoms with van der Waals surface area (Å²) >= 11 is 0. The van der Waals surface area contributed by atoms with Crippen LogP contribution >= 0.6 is 0 Å². The monoisotopic (exact) mass is 302 g/mol. The fourth-order valence-corrected chi connectivity index (χ4v) is 3.18. The van der Waals surface area contributed by atoms with Crippen LogP contribution < -0.4 is 0 Å². The summed E-state index contributed by atoms with van der Waals surface area (Å²) in [7, 11) is 0. The van der Waals surface area contributed by atoms with Crippen LogP contribution in [0, 0.1) is 12.3 Å². The van der Waals surface area contributed by atoms with Gasteiger partial charge in [-0.25, -0.2) is 0 Å². The second kappa shape index (κ2) is 6.82. The van der Waals surface area contributed by atoms with Crippen LogP contribution in [0.2, 0.25) is 0 Å². The molecule has 1 N–H and O–H groups in total. The summed E-state index contributed by atoms with van der Waals surface area (Å²) < 4.78 is 0. The number of hydrogen-bond acceptors (Lipinski definition) is 1. The van der Waals surface area contributed by atoms with E-state index in [1.54, 1.807) is 0 Å². The second-order valence-corrected chi connectivity index (χ2v) is 7.70. The molecule has 0 heterocycles. The Balaban J connectivity index is 1.98. The van der Waals surface area contributed by atoms with Crippen LogP contribution in [-0.2, 0) is 24.2 Å². The van der Waals surface area contributed by atoms with Gasteiger partial charge in [-0.1, -0.05) is 44.9 Å². The van der Waals surface area contributed by atoms with Crippen LogP contribution in [0.4, 0.5) is 0 Å². The Bertz CT molecular complexity index is 543. The van der Waals surface area contributed by atoms with Crippen molar-refractivity contribution in [3.63, 3.8) is 0 Å². The number of rotatable bonds is 6. The zero-order valence-corrected chi connectivity index (χ0v) is 14.3. The molecule has 0 radical (unpaired) electrons. The van der Waals surface area contributed by atoms with Crippen molar-refractivity contribution in [3.05, 3.63) is 39.7 Å². The largest absolute Gasteiger partial charge is 0.646 e. The highest BCUT2D eigenvalue weighted by atomic mass is 16.4. The molecule has 1 atom stereocenters. The Kier molecular flexibility index (Phi) is 5.28. The zero-order valence-electron chi connectivity index (χ0n) is 14.3. The summed E-state index contributed by atoms with van der Waals surface area (Å²) in [6.07, 6.45) is 5.05. The van der Waals surface area contributed by atoms with Crippen LogP contribution in [0.15, 0.2) is 12.1 Å². The smallest absolute Gasteiger partial charge is 0.285 e. The fourth-order valence-electron chi connectivity index (χ4n) is 3.18. The molecule has 2 rings (SSSR count). The first-order valence-electron chi connectivity index (χ1n) is 8.27. The van der Waals surface area contributed by atoms with Crippen molar-refractivity contribution in [3.8, 4) is 0 Å². The minimum atomic E-state index is -0.804. The van der Waals surface area contributed by atoms with E-state index in [0.717, 1.165) is 18.4 Å². The van der Waals surface area contributed by atoms with E-state index in [4.69, 9.17) is 0 Å². The highest BCUT2D eigenvalue weighted by Gasteiger charge is 2.16. The summed E-state index contributed by atoms with van der Waals surface area (Å²) in [5.41, 5.74) is 5.56. The molecule has 0 aliphatic heterocycles. The second-order valence-electron chi connectivity index (χ2n) is 7.70. The van der Waals surface area contributed by atoms with E-state index in [0.29, 0.717) is 13.0 Å². The van der Waals surface area contributed by atoms with Gasteiger partial charge in [-0.15, -0.1) is 6.54 Å². The molecule has 3 nitrogen and oxygen atoms in total. The number of aliphatic carboxylic acids is 1. The van der Waals surface area contributed by atoms with Gasteiger partial charge in [0.15, 0.2) is 0 Å². The van der Waals surface area contributed by atoms with Crippen molar-refractivity contribution in [1.82, 2.24) is 0 Å². The van der Waals surface area contributed by atoms with Crippen LogP contribution in [0.3, 0.4) is 0 Å². The molecule has 0 saturated heterocycles. The van der Waals surface area contributed by atoms with Gasteiger partial charge in [-0.3, -0.25) is 4.79 Å². The van der Waals surface area contributed by atoms with Gasteiger partial charge in [0, 0.05) is 0 Å². The summed E-state index contributed by atoms with van der Waals surface area (Å²) in [5, 5.41) is 13.8. The number of benzene rings is 1. The third kappa shape index (κ3) is 4.57. The number of hydrogen-bond donors (Lipinski definition) is 1. The van der Waals surface area contributed by atoms with Gasteiger partial charge in [0.25, 0.3) is 5.97 Å². The normalized spacial score (nSPS) is 15.6. The lowest BCUT2D eigenvalue weighted by atomic mass is 9.88. The Morgan fingerprint density at radius 3 is 2.68 bits per heavy atom. The highest BCUT2D eigenvalue weighted by Crippen LogP contribution is 2.28. The van der Waals surface area contributed by atoms with Gasteiger partial charge >= 0.3 is 0 Å². The standard InChI is InChI=1S/C19H28NO2/c1-13-10-14(11-15-6-5-7-16(13)15)12-20-17(18(21)22)8-9-19(2,3)4/h10-11,17H,5-9,12H2,1-4H3,(H,21,22)/q-1. The molecule has 1 aliphatic carbocycles. The third-order valence-corrected chi connectivity index (χ3v) is 4.45. The predicted octanol–water partition coefficient (Wildman–Crippen LogP) is 4.64. The SMILES string of the molecule is Cc1cc(C[N-]C(CCC(C)(C)C)C(=O)O)cc2c1CCC2. The first-order valence-corrected chi connectivity index (χ1v) is 8.27. The Morgan fingerprint density at radius 2 is 2.05 bits per heavy atom. The average molecular weight is 302 g/mol. The molecule has 1 aromatic rings. The van der Waals surface area contributed by atoms with E-state index >= 15 is 0 Å². The van der Waals surface area contributed by atoms with Gasteiger partial charge in [0.2, 0.25) is 0 Å². The van der Waals surface area contributed by atoms with Gasteiger partial charge < -0.3 is 10.4 Å². The average Bonchev–Trinajstić information content (AvgIpc) is 2.85. The molecule has 122 valence electrons. The summed E-state index contributed by atoms with van der Waals surface area (Å²) in [6, 6.07) is 3.81. The molecule has 1 aromatic carbocycles. The van der Waals surface area contributed by atoms with Crippen molar-refractivity contribution in [1.29, 1.82) is 0 Å². The lowest BCUT2D eigenvalue weighted by Crippen LogP contribution is -2.22. The summed E-state index contributed by atoms with van der Waals surface area (Å²) in [6.45, 7) is 9.07. The maximum Gasteiger partial charge on any atom is 0.285 e. The molecule has 1 unspecified atom stereocenters. The molecular weight excluding hydrogens is 274 g/mol. The van der Waals surface area contributed by atoms with Crippen LogP contribution in [0.1, 0.15) is 62.3 Å². The van der Waals surface area contributed by atoms with E-state index in [1.165, 1.54) is 29.5 Å². The Hall–Kier alpha value is -1.35. The van der Waals surface area contributed by atoms with Crippen molar-refractivity contribution in [2.24, 2.45) is 5.41 Å². The maximum absolute atomic E-state index is 11.4. The van der Waals surface area contributed by atoms with E-state index in [9.17, 15) is 9.90 Å². The molecule has 0 bridgehead atoms. The Morgan fingerprint density at radius 1 is 1.32 bits per heavy atom. The van der Waals surface area contributed by atoms with E-state index in [2.05, 4.69) is 45.1 Å². The summed E-state index contributed by atoms with van der Waals surface area (Å²) in [5.74, 6) is -0.804. The number of nitrogens with zero attached hydrogens (tertiary/aromatic N) is 1. The van der Waals surface area contributed by atoms with Crippen molar-refractivity contribution < 1.29 is 9.90 Å². The molecule has 0 fully saturated rings. The maximum atomic E-state index is 11.4. The quantitative estimate of drug-likeness (QED) is 0.832. The Labute approximate surface area is 134 Å². The number of carboxylic acid groups (broad SMARTS) is 1. The van der Waals surface area contributed by atoms with Gasteiger partial charge in [0.1, 0.15) is 0 Å².